The smallest absolute Gasteiger partial charge is 0.254 e. The van der Waals surface area contributed by atoms with E-state index in [1.807, 2.05) is 24.8 Å². The summed E-state index contributed by atoms with van der Waals surface area (Å²) in [6, 6.07) is 10.4. The number of amides is 2. The summed E-state index contributed by atoms with van der Waals surface area (Å²) >= 11 is 6.02. The Hall–Kier alpha value is -2.90. The Labute approximate surface area is 186 Å². The molecule has 7 nitrogen and oxygen atoms in total. The second-order valence-corrected chi connectivity index (χ2v) is 8.48. The maximum Gasteiger partial charge on any atom is 0.254 e. The van der Waals surface area contributed by atoms with Crippen molar-refractivity contribution < 1.29 is 9.59 Å². The molecule has 0 bridgehead atoms. The summed E-state index contributed by atoms with van der Waals surface area (Å²) in [6.45, 7) is 4.91. The van der Waals surface area contributed by atoms with Crippen molar-refractivity contribution in [1.29, 1.82) is 0 Å². The number of H-pyrrole nitrogens is 1. The average molecular weight is 440 g/mol. The van der Waals surface area contributed by atoms with E-state index in [1.54, 1.807) is 30.3 Å². The maximum absolute atomic E-state index is 12.9. The molecule has 2 heterocycles. The number of rotatable bonds is 5. The third kappa shape index (κ3) is 4.29. The molecule has 0 spiro atoms. The molecule has 2 aromatic carbocycles. The molecule has 4 N–H and O–H groups in total. The van der Waals surface area contributed by atoms with Crippen molar-refractivity contribution in [1.82, 2.24) is 20.2 Å². The zero-order valence-electron chi connectivity index (χ0n) is 17.6. The van der Waals surface area contributed by atoms with Crippen LogP contribution in [0.2, 0.25) is 5.02 Å². The van der Waals surface area contributed by atoms with Gasteiger partial charge in [-0.05, 0) is 68.7 Å². The molecule has 0 saturated carbocycles. The number of nitrogens with two attached hydrogens (primary N) is 1. The fraction of sp³-hybridized carbons (Fsp3) is 0.348. The molecule has 4 rings (SSSR count). The predicted molar refractivity (Wildman–Crippen MR) is 121 cm³/mol. The summed E-state index contributed by atoms with van der Waals surface area (Å²) in [7, 11) is 0. The maximum atomic E-state index is 12.9. The van der Waals surface area contributed by atoms with Gasteiger partial charge in [-0.15, -0.1) is 0 Å². The van der Waals surface area contributed by atoms with E-state index in [1.165, 1.54) is 0 Å². The van der Waals surface area contributed by atoms with Crippen LogP contribution in [0, 0.1) is 6.92 Å². The summed E-state index contributed by atoms with van der Waals surface area (Å²) in [6.07, 6.45) is 1.91. The molecule has 162 valence electrons. The number of nitrogens with one attached hydrogen (secondary N) is 2. The van der Waals surface area contributed by atoms with E-state index in [4.69, 9.17) is 17.3 Å². The Morgan fingerprint density at radius 1 is 1.32 bits per heavy atom. The Balaban J connectivity index is 1.48. The number of carbonyl (C=O) groups excluding carboxylic acids is 2. The third-order valence-corrected chi connectivity index (χ3v) is 6.09. The van der Waals surface area contributed by atoms with Crippen LogP contribution in [0.25, 0.3) is 11.0 Å². The van der Waals surface area contributed by atoms with Crippen LogP contribution in [-0.4, -0.2) is 45.8 Å². The van der Waals surface area contributed by atoms with Crippen molar-refractivity contribution >= 4 is 34.4 Å². The van der Waals surface area contributed by atoms with Gasteiger partial charge in [0.15, 0.2) is 0 Å². The largest absolute Gasteiger partial charge is 0.342 e. The fourth-order valence-electron chi connectivity index (χ4n) is 4.10. The Bertz CT molecular complexity index is 1140. The van der Waals surface area contributed by atoms with Gasteiger partial charge in [0, 0.05) is 35.3 Å². The molecule has 2 atom stereocenters. The molecule has 1 aromatic heterocycles. The lowest BCUT2D eigenvalue weighted by Gasteiger charge is -2.24. The van der Waals surface area contributed by atoms with Crippen molar-refractivity contribution in [2.24, 2.45) is 5.73 Å². The second-order valence-electron chi connectivity index (χ2n) is 8.04. The van der Waals surface area contributed by atoms with E-state index >= 15 is 0 Å². The lowest BCUT2D eigenvalue weighted by molar-refractivity contribution is 0.0739. The van der Waals surface area contributed by atoms with Gasteiger partial charge in [-0.1, -0.05) is 11.6 Å². The Morgan fingerprint density at radius 3 is 2.87 bits per heavy atom. The van der Waals surface area contributed by atoms with E-state index < -0.39 is 0 Å². The monoisotopic (exact) mass is 439 g/mol. The topological polar surface area (TPSA) is 104 Å². The average Bonchev–Trinajstić information content (AvgIpc) is 3.39. The molecule has 2 amide bonds. The fourth-order valence-corrected chi connectivity index (χ4v) is 4.27. The number of aryl methyl sites for hydroxylation is 1. The number of likely N-dealkylation sites (tertiary alicyclic amines) is 1. The minimum atomic E-state index is -0.324. The zero-order valence-corrected chi connectivity index (χ0v) is 18.4. The normalized spacial score (nSPS) is 17.2. The number of hydrogen-bond donors (Lipinski definition) is 3. The highest BCUT2D eigenvalue weighted by Crippen LogP contribution is 2.23. The molecule has 0 radical (unpaired) electrons. The molecule has 31 heavy (non-hydrogen) atoms. The van der Waals surface area contributed by atoms with E-state index in [2.05, 4.69) is 15.3 Å². The minimum Gasteiger partial charge on any atom is -0.342 e. The van der Waals surface area contributed by atoms with Crippen LogP contribution < -0.4 is 11.1 Å². The van der Waals surface area contributed by atoms with Crippen LogP contribution in [0.4, 0.5) is 0 Å². The highest BCUT2D eigenvalue weighted by molar-refractivity contribution is 6.31. The molecule has 1 saturated heterocycles. The van der Waals surface area contributed by atoms with Gasteiger partial charge in [-0.25, -0.2) is 4.98 Å². The molecule has 1 aliphatic rings. The van der Waals surface area contributed by atoms with Gasteiger partial charge < -0.3 is 20.9 Å². The molecule has 1 fully saturated rings. The van der Waals surface area contributed by atoms with Crippen LogP contribution in [0.5, 0.6) is 0 Å². The minimum absolute atomic E-state index is 0.0216. The number of fused-ring (bicyclic) bond motifs is 1. The van der Waals surface area contributed by atoms with Gasteiger partial charge in [0.1, 0.15) is 5.82 Å². The van der Waals surface area contributed by atoms with Crippen molar-refractivity contribution in [3.63, 3.8) is 0 Å². The van der Waals surface area contributed by atoms with Crippen LogP contribution in [-0.2, 0) is 0 Å². The molecule has 3 aromatic rings. The standard InChI is InChI=1S/C23H26ClN5O2/c1-13-10-15(5-7-18(13)23(31)29-9-3-4-17(29)12-25)22(30)26-14(2)21-27-19-8-6-16(24)11-20(19)28-21/h5-8,10-11,14,17H,3-4,9,12,25H2,1-2H3,(H,26,30)(H,27,28)/t14-,17?/m0/s1. The Morgan fingerprint density at radius 2 is 2.13 bits per heavy atom. The first kappa shape index (κ1) is 21.3. The van der Waals surface area contributed by atoms with Crippen molar-refractivity contribution in [3.05, 3.63) is 63.9 Å². The number of carbonyl (C=O) groups is 2. The first-order valence-electron chi connectivity index (χ1n) is 10.4. The number of imidazole rings is 1. The lowest BCUT2D eigenvalue weighted by Crippen LogP contribution is -2.40. The quantitative estimate of drug-likeness (QED) is 0.565. The molecular weight excluding hydrogens is 414 g/mol. The molecular formula is C23H26ClN5O2. The van der Waals surface area contributed by atoms with Gasteiger partial charge in [-0.2, -0.15) is 0 Å². The molecule has 1 aliphatic heterocycles. The number of halogens is 1. The predicted octanol–water partition coefficient (Wildman–Crippen LogP) is 3.58. The number of benzene rings is 2. The van der Waals surface area contributed by atoms with Gasteiger partial charge in [0.05, 0.1) is 17.1 Å². The number of aromatic nitrogens is 2. The molecule has 1 unspecified atom stereocenters. The summed E-state index contributed by atoms with van der Waals surface area (Å²) in [4.78, 5) is 35.3. The van der Waals surface area contributed by atoms with Crippen molar-refractivity contribution in [3.8, 4) is 0 Å². The SMILES string of the molecule is Cc1cc(C(=O)N[C@@H](C)c2nc3cc(Cl)ccc3[nH]2)ccc1C(=O)N1CCCC1CN. The summed E-state index contributed by atoms with van der Waals surface area (Å²) in [5.41, 5.74) is 9.29. The number of hydrogen-bond acceptors (Lipinski definition) is 4. The van der Waals surface area contributed by atoms with Crippen LogP contribution in [0.1, 0.15) is 57.9 Å². The van der Waals surface area contributed by atoms with Crippen molar-refractivity contribution in [2.75, 3.05) is 13.1 Å². The van der Waals surface area contributed by atoms with Crippen molar-refractivity contribution in [2.45, 2.75) is 38.8 Å². The molecule has 8 heteroatoms. The van der Waals surface area contributed by atoms with Crippen LogP contribution >= 0.6 is 11.6 Å². The van der Waals surface area contributed by atoms with E-state index in [0.717, 1.165) is 36.0 Å². The summed E-state index contributed by atoms with van der Waals surface area (Å²) in [5.74, 6) is 0.400. The van der Waals surface area contributed by atoms with E-state index in [-0.39, 0.29) is 23.9 Å². The van der Waals surface area contributed by atoms with Gasteiger partial charge in [0.2, 0.25) is 0 Å². The zero-order chi connectivity index (χ0) is 22.1. The first-order valence-corrected chi connectivity index (χ1v) is 10.8. The van der Waals surface area contributed by atoms with Gasteiger partial charge >= 0.3 is 0 Å². The van der Waals surface area contributed by atoms with Gasteiger partial charge in [-0.3, -0.25) is 9.59 Å². The molecule has 0 aliphatic carbocycles. The van der Waals surface area contributed by atoms with Gasteiger partial charge in [0.25, 0.3) is 11.8 Å². The second kappa shape index (κ2) is 8.69. The number of aromatic amines is 1. The number of nitrogens with zero attached hydrogens (tertiary/aromatic N) is 2. The van der Waals surface area contributed by atoms with E-state index in [9.17, 15) is 9.59 Å². The first-order chi connectivity index (χ1) is 14.9. The highest BCUT2D eigenvalue weighted by Gasteiger charge is 2.29. The highest BCUT2D eigenvalue weighted by atomic mass is 35.5. The van der Waals surface area contributed by atoms with Crippen LogP contribution in [0.3, 0.4) is 0 Å². The lowest BCUT2D eigenvalue weighted by atomic mass is 10.0. The summed E-state index contributed by atoms with van der Waals surface area (Å²) in [5, 5.41) is 3.57. The van der Waals surface area contributed by atoms with E-state index in [0.29, 0.717) is 28.5 Å². The third-order valence-electron chi connectivity index (χ3n) is 5.85. The summed E-state index contributed by atoms with van der Waals surface area (Å²) < 4.78 is 0. The Kier molecular flexibility index (Phi) is 5.98. The van der Waals surface area contributed by atoms with Crippen LogP contribution in [0.15, 0.2) is 36.4 Å².